The van der Waals surface area contributed by atoms with Crippen molar-refractivity contribution in [2.24, 2.45) is 0 Å². The number of hydrogen-bond acceptors (Lipinski definition) is 7. The van der Waals surface area contributed by atoms with Crippen LogP contribution in [0.5, 0.6) is 0 Å². The largest absolute Gasteiger partial charge is 0.511 e. The smallest absolute Gasteiger partial charge is 0.377 e. The second kappa shape index (κ2) is 10.8. The average molecular weight is 543 g/mol. The minimum atomic E-state index is -5.50. The molecule has 0 saturated carbocycles. The number of carbonyl (C=O) groups excluding carboxylic acids is 1. The van der Waals surface area contributed by atoms with E-state index in [2.05, 4.69) is 20.5 Å². The van der Waals surface area contributed by atoms with Gasteiger partial charge in [0.1, 0.15) is 5.82 Å². The van der Waals surface area contributed by atoms with Crippen LogP contribution in [0.3, 0.4) is 0 Å². The highest BCUT2D eigenvalue weighted by molar-refractivity contribution is 7.89. The molecule has 0 spiro atoms. The Bertz CT molecular complexity index is 1240. The minimum absolute atomic E-state index is 0.0150. The molecule has 10 nitrogen and oxygen atoms in total. The summed E-state index contributed by atoms with van der Waals surface area (Å²) in [5.41, 5.74) is -3.40. The number of urea groups is 1. The molecule has 2 N–H and O–H groups in total. The predicted molar refractivity (Wildman–Crippen MR) is 131 cm³/mol. The first kappa shape index (κ1) is 27.1. The molecule has 3 heterocycles. The maximum atomic E-state index is 13.3. The molecule has 1 aromatic carbocycles. The van der Waals surface area contributed by atoms with Crippen molar-refractivity contribution in [3.8, 4) is 11.4 Å². The van der Waals surface area contributed by atoms with E-state index in [1.807, 2.05) is 6.92 Å². The Morgan fingerprint density at radius 3 is 2.54 bits per heavy atom. The number of fused-ring (bicyclic) bond motifs is 1. The molecule has 1 saturated heterocycles. The van der Waals surface area contributed by atoms with Crippen molar-refractivity contribution in [1.29, 1.82) is 0 Å². The zero-order valence-corrected chi connectivity index (χ0v) is 21.3. The fraction of sp³-hybridized carbons (Fsp3) is 0.522. The summed E-state index contributed by atoms with van der Waals surface area (Å²) in [5, 5.41) is 5.32. The first-order valence-corrected chi connectivity index (χ1v) is 13.4. The Balaban J connectivity index is 1.74. The molecule has 0 bridgehead atoms. The zero-order chi connectivity index (χ0) is 26.8. The van der Waals surface area contributed by atoms with Crippen LogP contribution in [0.15, 0.2) is 24.3 Å². The molecule has 202 valence electrons. The minimum Gasteiger partial charge on any atom is -0.377 e. The van der Waals surface area contributed by atoms with Crippen LogP contribution in [-0.4, -0.2) is 73.1 Å². The SMILES string of the molecule is CCNC(=O)Nc1ccc(-c2nc3c(c(N4CCOCC4CC)n2)CCN(S(=O)(=O)C(F)(F)F)C3)cc1. The number of carbonyl (C=O) groups is 1. The molecule has 37 heavy (non-hydrogen) atoms. The van der Waals surface area contributed by atoms with Crippen LogP contribution in [0.2, 0.25) is 0 Å². The summed E-state index contributed by atoms with van der Waals surface area (Å²) in [6.07, 6.45) is 0.826. The molecule has 0 radical (unpaired) electrons. The van der Waals surface area contributed by atoms with E-state index in [1.54, 1.807) is 31.2 Å². The highest BCUT2D eigenvalue weighted by atomic mass is 32.2. The highest BCUT2D eigenvalue weighted by Crippen LogP contribution is 2.35. The van der Waals surface area contributed by atoms with Crippen LogP contribution >= 0.6 is 0 Å². The van der Waals surface area contributed by atoms with E-state index in [9.17, 15) is 26.4 Å². The van der Waals surface area contributed by atoms with Crippen molar-refractivity contribution < 1.29 is 31.1 Å². The third-order valence-electron chi connectivity index (χ3n) is 6.35. The van der Waals surface area contributed by atoms with E-state index in [4.69, 9.17) is 9.72 Å². The topological polar surface area (TPSA) is 117 Å². The number of rotatable bonds is 6. The molecule has 4 rings (SSSR count). The molecule has 2 aromatic rings. The van der Waals surface area contributed by atoms with Crippen LogP contribution in [-0.2, 0) is 27.7 Å². The molecule has 14 heteroatoms. The average Bonchev–Trinajstić information content (AvgIpc) is 2.87. The lowest BCUT2D eigenvalue weighted by Gasteiger charge is -2.38. The Hall–Kier alpha value is -2.97. The number of benzene rings is 1. The van der Waals surface area contributed by atoms with Gasteiger partial charge in [0.15, 0.2) is 5.82 Å². The van der Waals surface area contributed by atoms with Crippen LogP contribution in [0, 0.1) is 0 Å². The normalized spacial score (nSPS) is 18.8. The number of aromatic nitrogens is 2. The van der Waals surface area contributed by atoms with Crippen LogP contribution < -0.4 is 15.5 Å². The molecule has 1 fully saturated rings. The number of morpholine rings is 1. The number of anilines is 2. The van der Waals surface area contributed by atoms with Crippen molar-refractivity contribution in [2.45, 2.75) is 44.8 Å². The molecular weight excluding hydrogens is 513 g/mol. The van der Waals surface area contributed by atoms with Gasteiger partial charge in [-0.25, -0.2) is 23.2 Å². The Morgan fingerprint density at radius 1 is 1.16 bits per heavy atom. The van der Waals surface area contributed by atoms with Crippen molar-refractivity contribution in [3.05, 3.63) is 35.5 Å². The number of ether oxygens (including phenoxy) is 1. The second-order valence-electron chi connectivity index (χ2n) is 8.72. The van der Waals surface area contributed by atoms with Crippen LogP contribution in [0.1, 0.15) is 31.5 Å². The molecule has 2 aliphatic heterocycles. The van der Waals surface area contributed by atoms with Gasteiger partial charge in [-0.3, -0.25) is 0 Å². The van der Waals surface area contributed by atoms with Gasteiger partial charge in [-0.05, 0) is 44.0 Å². The van der Waals surface area contributed by atoms with Crippen molar-refractivity contribution >= 4 is 27.6 Å². The Kier molecular flexibility index (Phi) is 7.90. The molecule has 2 amide bonds. The van der Waals surface area contributed by atoms with Crippen molar-refractivity contribution in [3.63, 3.8) is 0 Å². The number of sulfonamides is 1. The van der Waals surface area contributed by atoms with Gasteiger partial charge in [-0.1, -0.05) is 6.92 Å². The standard InChI is InChI=1S/C23H29F3N6O4S/c1-3-17-14-36-12-11-32(17)21-18-9-10-31(37(34,35)23(24,25)26)13-19(18)29-20(30-21)15-5-7-16(8-6-15)28-22(33)27-4-2/h5-8,17H,3-4,9-14H2,1-2H3,(H2,27,28,33). The van der Waals surface area contributed by atoms with Gasteiger partial charge in [0, 0.05) is 36.4 Å². The van der Waals surface area contributed by atoms with Crippen molar-refractivity contribution in [1.82, 2.24) is 19.6 Å². The summed E-state index contributed by atoms with van der Waals surface area (Å²) in [4.78, 5) is 23.2. The molecule has 1 unspecified atom stereocenters. The third-order valence-corrected chi connectivity index (χ3v) is 7.93. The summed E-state index contributed by atoms with van der Waals surface area (Å²) in [5.74, 6) is 0.842. The van der Waals surface area contributed by atoms with E-state index in [-0.39, 0.29) is 36.6 Å². The fourth-order valence-corrected chi connectivity index (χ4v) is 5.33. The van der Waals surface area contributed by atoms with Gasteiger partial charge in [-0.2, -0.15) is 17.5 Å². The van der Waals surface area contributed by atoms with E-state index in [0.717, 1.165) is 6.42 Å². The molecule has 1 aromatic heterocycles. The van der Waals surface area contributed by atoms with Gasteiger partial charge >= 0.3 is 21.6 Å². The van der Waals surface area contributed by atoms with Crippen molar-refractivity contribution in [2.75, 3.05) is 43.1 Å². The first-order chi connectivity index (χ1) is 17.5. The summed E-state index contributed by atoms with van der Waals surface area (Å²) >= 11 is 0. The Morgan fingerprint density at radius 2 is 1.89 bits per heavy atom. The molecule has 1 atom stereocenters. The van der Waals surface area contributed by atoms with Gasteiger partial charge in [0.05, 0.1) is 31.5 Å². The lowest BCUT2D eigenvalue weighted by Crippen LogP contribution is -2.47. The number of nitrogens with zero attached hydrogens (tertiary/aromatic N) is 4. The van der Waals surface area contributed by atoms with E-state index in [1.165, 1.54) is 0 Å². The third kappa shape index (κ3) is 5.65. The summed E-state index contributed by atoms with van der Waals surface area (Å²) in [7, 11) is -5.50. The number of amides is 2. The van der Waals surface area contributed by atoms with Gasteiger partial charge in [-0.15, -0.1) is 0 Å². The molecular formula is C23H29F3N6O4S. The lowest BCUT2D eigenvalue weighted by molar-refractivity contribution is -0.0493. The van der Waals surface area contributed by atoms with Gasteiger partial charge < -0.3 is 20.3 Å². The fourth-order valence-electron chi connectivity index (χ4n) is 4.42. The van der Waals surface area contributed by atoms with E-state index < -0.39 is 22.1 Å². The second-order valence-corrected chi connectivity index (χ2v) is 10.7. The van der Waals surface area contributed by atoms with Gasteiger partial charge in [0.2, 0.25) is 0 Å². The lowest BCUT2D eigenvalue weighted by atomic mass is 10.0. The number of hydrogen-bond donors (Lipinski definition) is 2. The number of alkyl halides is 3. The summed E-state index contributed by atoms with van der Waals surface area (Å²) in [6, 6.07) is 6.37. The quantitative estimate of drug-likeness (QED) is 0.576. The van der Waals surface area contributed by atoms with Gasteiger partial charge in [0.25, 0.3) is 0 Å². The van der Waals surface area contributed by atoms with E-state index in [0.29, 0.717) is 53.2 Å². The zero-order valence-electron chi connectivity index (χ0n) is 20.5. The van der Waals surface area contributed by atoms with E-state index >= 15 is 0 Å². The monoisotopic (exact) mass is 542 g/mol. The maximum absolute atomic E-state index is 13.3. The Labute approximate surface area is 213 Å². The number of halogens is 3. The molecule has 0 aliphatic carbocycles. The number of nitrogens with one attached hydrogen (secondary N) is 2. The van der Waals surface area contributed by atoms with Crippen LogP contribution in [0.4, 0.5) is 29.5 Å². The first-order valence-electron chi connectivity index (χ1n) is 12.0. The van der Waals surface area contributed by atoms with Crippen LogP contribution in [0.25, 0.3) is 11.4 Å². The predicted octanol–water partition coefficient (Wildman–Crippen LogP) is 3.11. The maximum Gasteiger partial charge on any atom is 0.511 e. The summed E-state index contributed by atoms with van der Waals surface area (Å²) < 4.78 is 70.1. The summed E-state index contributed by atoms with van der Waals surface area (Å²) in [6.45, 7) is 4.96. The highest BCUT2D eigenvalue weighted by Gasteiger charge is 2.51. The molecule has 2 aliphatic rings.